The van der Waals surface area contributed by atoms with Crippen LogP contribution in [0.15, 0.2) is 23.5 Å². The molecule has 0 aromatic carbocycles. The molecule has 1 atom stereocenters. The van der Waals surface area contributed by atoms with E-state index in [4.69, 9.17) is 4.89 Å². The minimum atomic E-state index is -2.62. The highest BCUT2D eigenvalue weighted by Crippen LogP contribution is 2.28. The fraction of sp³-hybridized carbons (Fsp3) is 0.500. The maximum absolute atomic E-state index is 11.7. The van der Waals surface area contributed by atoms with Gasteiger partial charge >= 0.3 is 8.25 Å². The van der Waals surface area contributed by atoms with Crippen molar-refractivity contribution in [2.75, 3.05) is 14.1 Å². The molecule has 0 bridgehead atoms. The molecule has 1 amide bonds. The number of allylic oxidation sites excluding steroid dienone is 2. The SMILES string of the molecule is CN(C)C(=O)C1=C(/C=C/O[P+](=O)O)CCC1. The quantitative estimate of drug-likeness (QED) is 0.604. The van der Waals surface area contributed by atoms with E-state index in [-0.39, 0.29) is 5.91 Å². The standard InChI is InChI=1S/C10H14NO4P/c1-11(2)10(12)9-5-3-4-8(9)6-7-15-16(13)14/h6-7H,3-5H2,1-2H3/p+1/b7-6+. The molecule has 0 saturated heterocycles. The van der Waals surface area contributed by atoms with E-state index in [1.54, 1.807) is 20.2 Å². The highest BCUT2D eigenvalue weighted by molar-refractivity contribution is 7.32. The Morgan fingerprint density at radius 1 is 1.50 bits per heavy atom. The van der Waals surface area contributed by atoms with E-state index in [0.717, 1.165) is 30.4 Å². The van der Waals surface area contributed by atoms with Crippen LogP contribution in [0.4, 0.5) is 0 Å². The molecule has 0 radical (unpaired) electrons. The van der Waals surface area contributed by atoms with Crippen LogP contribution >= 0.6 is 8.25 Å². The summed E-state index contributed by atoms with van der Waals surface area (Å²) in [7, 11) is 0.791. The van der Waals surface area contributed by atoms with Crippen LogP contribution in [0.25, 0.3) is 0 Å². The Kier molecular flexibility index (Phi) is 4.65. The first-order valence-corrected chi connectivity index (χ1v) is 6.08. The van der Waals surface area contributed by atoms with Crippen molar-refractivity contribution in [2.45, 2.75) is 19.3 Å². The molecule has 1 aliphatic carbocycles. The Bertz CT molecular complexity index is 360. The van der Waals surface area contributed by atoms with Crippen molar-refractivity contribution < 1.29 is 18.8 Å². The second kappa shape index (κ2) is 5.77. The van der Waals surface area contributed by atoms with Crippen LogP contribution in [0.3, 0.4) is 0 Å². The first-order chi connectivity index (χ1) is 7.52. The molecule has 1 aliphatic rings. The van der Waals surface area contributed by atoms with Gasteiger partial charge in [0.05, 0.1) is 0 Å². The largest absolute Gasteiger partial charge is 0.746 e. The lowest BCUT2D eigenvalue weighted by Crippen LogP contribution is -2.23. The van der Waals surface area contributed by atoms with Gasteiger partial charge in [-0.1, -0.05) is 0 Å². The van der Waals surface area contributed by atoms with Crippen molar-refractivity contribution >= 4 is 14.2 Å². The Hall–Kier alpha value is -1.19. The van der Waals surface area contributed by atoms with Crippen LogP contribution in [0.5, 0.6) is 0 Å². The zero-order chi connectivity index (χ0) is 12.1. The molecule has 88 valence electrons. The highest BCUT2D eigenvalue weighted by Gasteiger charge is 2.20. The van der Waals surface area contributed by atoms with Gasteiger partial charge in [-0.15, -0.1) is 4.89 Å². The zero-order valence-electron chi connectivity index (χ0n) is 9.34. The lowest BCUT2D eigenvalue weighted by molar-refractivity contribution is -0.124. The minimum absolute atomic E-state index is 0.00876. The molecule has 0 aliphatic heterocycles. The van der Waals surface area contributed by atoms with Gasteiger partial charge in [-0.3, -0.25) is 4.79 Å². The number of likely N-dealkylation sites (N-methyl/N-ethyl adjacent to an activating group) is 1. The minimum Gasteiger partial charge on any atom is -0.345 e. The van der Waals surface area contributed by atoms with Gasteiger partial charge in [0.25, 0.3) is 0 Å². The third-order valence-electron chi connectivity index (χ3n) is 2.35. The molecule has 0 aromatic rings. The lowest BCUT2D eigenvalue weighted by atomic mass is 10.1. The van der Waals surface area contributed by atoms with E-state index in [2.05, 4.69) is 4.52 Å². The number of hydrogen-bond acceptors (Lipinski definition) is 3. The monoisotopic (exact) mass is 244 g/mol. The second-order valence-corrected chi connectivity index (χ2v) is 4.39. The van der Waals surface area contributed by atoms with Crippen LogP contribution in [-0.4, -0.2) is 29.8 Å². The molecule has 1 N–H and O–H groups in total. The molecular weight excluding hydrogens is 229 g/mol. The third-order valence-corrected chi connectivity index (χ3v) is 2.65. The molecule has 16 heavy (non-hydrogen) atoms. The summed E-state index contributed by atoms with van der Waals surface area (Å²) in [6.45, 7) is 0. The summed E-state index contributed by atoms with van der Waals surface area (Å²) in [5, 5.41) is 0. The molecule has 1 rings (SSSR count). The topological polar surface area (TPSA) is 66.8 Å². The Balaban J connectivity index is 2.75. The van der Waals surface area contributed by atoms with Crippen LogP contribution in [0, 0.1) is 0 Å². The Morgan fingerprint density at radius 2 is 2.19 bits per heavy atom. The maximum atomic E-state index is 11.7. The fourth-order valence-electron chi connectivity index (χ4n) is 1.63. The molecule has 0 heterocycles. The average Bonchev–Trinajstić information content (AvgIpc) is 2.64. The zero-order valence-corrected chi connectivity index (χ0v) is 10.2. The molecule has 0 spiro atoms. The first-order valence-electron chi connectivity index (χ1n) is 4.95. The lowest BCUT2D eigenvalue weighted by Gasteiger charge is -2.11. The average molecular weight is 244 g/mol. The van der Waals surface area contributed by atoms with Crippen LogP contribution in [0.2, 0.25) is 0 Å². The van der Waals surface area contributed by atoms with E-state index >= 15 is 0 Å². The smallest absolute Gasteiger partial charge is 0.345 e. The molecule has 0 fully saturated rings. The van der Waals surface area contributed by atoms with Crippen molar-refractivity contribution in [1.82, 2.24) is 4.90 Å². The number of amides is 1. The second-order valence-electron chi connectivity index (χ2n) is 3.70. The summed E-state index contributed by atoms with van der Waals surface area (Å²) in [5.74, 6) is -0.00876. The summed E-state index contributed by atoms with van der Waals surface area (Å²) >= 11 is 0. The molecular formula is C10H15NO4P+. The summed E-state index contributed by atoms with van der Waals surface area (Å²) in [4.78, 5) is 21.7. The molecule has 0 saturated carbocycles. The van der Waals surface area contributed by atoms with Gasteiger partial charge in [-0.05, 0) is 30.9 Å². The van der Waals surface area contributed by atoms with Crippen molar-refractivity contribution in [3.8, 4) is 0 Å². The van der Waals surface area contributed by atoms with E-state index in [0.29, 0.717) is 0 Å². The van der Waals surface area contributed by atoms with Gasteiger partial charge in [-0.25, -0.2) is 4.52 Å². The van der Waals surface area contributed by atoms with E-state index in [9.17, 15) is 9.36 Å². The third kappa shape index (κ3) is 3.43. The van der Waals surface area contributed by atoms with Gasteiger partial charge < -0.3 is 4.90 Å². The normalized spacial score (nSPS) is 16.8. The first kappa shape index (κ1) is 12.9. The molecule has 0 aromatic heterocycles. The fourth-order valence-corrected chi connectivity index (χ4v) is 1.79. The van der Waals surface area contributed by atoms with Crippen molar-refractivity contribution in [3.63, 3.8) is 0 Å². The number of hydrogen-bond donors (Lipinski definition) is 1. The van der Waals surface area contributed by atoms with Gasteiger partial charge in [0.1, 0.15) is 0 Å². The predicted octanol–water partition coefficient (Wildman–Crippen LogP) is 1.74. The van der Waals surface area contributed by atoms with E-state index < -0.39 is 8.25 Å². The summed E-state index contributed by atoms with van der Waals surface area (Å²) in [6.07, 6.45) is 5.24. The van der Waals surface area contributed by atoms with E-state index in [1.807, 2.05) is 0 Å². The van der Waals surface area contributed by atoms with Gasteiger partial charge in [0.2, 0.25) is 5.91 Å². The van der Waals surface area contributed by atoms with Gasteiger partial charge in [-0.2, -0.15) is 0 Å². The molecule has 1 unspecified atom stereocenters. The van der Waals surface area contributed by atoms with Crippen LogP contribution in [-0.2, 0) is 13.9 Å². The highest BCUT2D eigenvalue weighted by atomic mass is 31.1. The number of carbonyl (C=O) groups excluding carboxylic acids is 1. The summed E-state index contributed by atoms with van der Waals surface area (Å²) in [6, 6.07) is 0. The Labute approximate surface area is 95.3 Å². The number of rotatable bonds is 4. The van der Waals surface area contributed by atoms with Crippen molar-refractivity contribution in [3.05, 3.63) is 23.5 Å². The van der Waals surface area contributed by atoms with Gasteiger partial charge in [0.15, 0.2) is 6.26 Å². The molecule has 5 nitrogen and oxygen atoms in total. The van der Waals surface area contributed by atoms with Crippen LogP contribution < -0.4 is 0 Å². The Morgan fingerprint density at radius 3 is 2.75 bits per heavy atom. The number of carbonyl (C=O) groups is 1. The van der Waals surface area contributed by atoms with Crippen LogP contribution in [0.1, 0.15) is 19.3 Å². The predicted molar refractivity (Wildman–Crippen MR) is 59.6 cm³/mol. The maximum Gasteiger partial charge on any atom is 0.746 e. The van der Waals surface area contributed by atoms with Gasteiger partial charge in [0, 0.05) is 24.2 Å². The summed E-state index contributed by atoms with van der Waals surface area (Å²) in [5.41, 5.74) is 1.65. The van der Waals surface area contributed by atoms with Crippen molar-refractivity contribution in [2.24, 2.45) is 0 Å². The van der Waals surface area contributed by atoms with E-state index in [1.165, 1.54) is 11.2 Å². The summed E-state index contributed by atoms with van der Waals surface area (Å²) < 4.78 is 14.7. The van der Waals surface area contributed by atoms with Crippen molar-refractivity contribution in [1.29, 1.82) is 0 Å². The molecule has 6 heteroatoms. The number of nitrogens with zero attached hydrogens (tertiary/aromatic N) is 1.